The number of carboxylic acids is 1. The smallest absolute Gasteiger partial charge is 0.335 e. The van der Waals surface area contributed by atoms with Gasteiger partial charge in [-0.05, 0) is 54.3 Å². The molecule has 5 heteroatoms. The van der Waals surface area contributed by atoms with Crippen LogP contribution in [0.4, 0.5) is 0 Å². The van der Waals surface area contributed by atoms with Crippen LogP contribution in [0.1, 0.15) is 21.5 Å². The normalized spacial score (nSPS) is 10.8. The summed E-state index contributed by atoms with van der Waals surface area (Å²) in [6.45, 7) is 4.17. The molecule has 5 nitrogen and oxygen atoms in total. The first-order valence-corrected chi connectivity index (χ1v) is 9.54. The van der Waals surface area contributed by atoms with Gasteiger partial charge in [-0.25, -0.2) is 4.79 Å². The van der Waals surface area contributed by atoms with Crippen molar-refractivity contribution in [3.63, 3.8) is 0 Å². The van der Waals surface area contributed by atoms with Crippen LogP contribution >= 0.6 is 0 Å². The topological polar surface area (TPSA) is 72.6 Å². The van der Waals surface area contributed by atoms with Crippen molar-refractivity contribution < 1.29 is 19.2 Å². The highest BCUT2D eigenvalue weighted by Gasteiger charge is 2.17. The van der Waals surface area contributed by atoms with Crippen LogP contribution in [0, 0.1) is 13.8 Å². The third-order valence-corrected chi connectivity index (χ3v) is 5.37. The first kappa shape index (κ1) is 19.5. The zero-order valence-corrected chi connectivity index (χ0v) is 17.0. The number of ether oxygens (including phenoxy) is 1. The standard InChI is InChI=1S/C25H21NO4/c1-15-16(2)20(12-11-19(15)17-7-5-4-6-8-17)24-14-22(26-30-24)21-10-9-18(25(27)28)13-23(21)29-3/h4-14H,1-3H3,(H,27,28). The molecular formula is C25H21NO4. The molecule has 0 saturated heterocycles. The van der Waals surface area contributed by atoms with Gasteiger partial charge in [0.2, 0.25) is 0 Å². The second-order valence-electron chi connectivity index (χ2n) is 7.07. The molecule has 4 aromatic rings. The van der Waals surface area contributed by atoms with Gasteiger partial charge < -0.3 is 14.4 Å². The number of methoxy groups -OCH3 is 1. The predicted octanol–water partition coefficient (Wildman–Crippen LogP) is 6.00. The van der Waals surface area contributed by atoms with Crippen molar-refractivity contribution in [3.8, 4) is 39.5 Å². The Morgan fingerprint density at radius 1 is 0.900 bits per heavy atom. The van der Waals surface area contributed by atoms with Crippen molar-refractivity contribution in [1.29, 1.82) is 0 Å². The summed E-state index contributed by atoms with van der Waals surface area (Å²) in [5.74, 6) is 0.0713. The van der Waals surface area contributed by atoms with E-state index in [1.165, 1.54) is 35.9 Å². The molecule has 0 radical (unpaired) electrons. The minimum absolute atomic E-state index is 0.155. The van der Waals surface area contributed by atoms with Crippen molar-refractivity contribution in [2.24, 2.45) is 0 Å². The zero-order valence-electron chi connectivity index (χ0n) is 17.0. The highest BCUT2D eigenvalue weighted by Crippen LogP contribution is 2.36. The molecule has 0 aliphatic carbocycles. The first-order chi connectivity index (χ1) is 14.5. The molecule has 150 valence electrons. The van der Waals surface area contributed by atoms with Gasteiger partial charge in [0.1, 0.15) is 11.4 Å². The molecule has 30 heavy (non-hydrogen) atoms. The third kappa shape index (κ3) is 3.46. The maximum absolute atomic E-state index is 11.2. The van der Waals surface area contributed by atoms with Crippen molar-refractivity contribution in [2.75, 3.05) is 7.11 Å². The van der Waals surface area contributed by atoms with Gasteiger partial charge in [-0.15, -0.1) is 0 Å². The van der Waals surface area contributed by atoms with Gasteiger partial charge in [0.15, 0.2) is 5.76 Å². The van der Waals surface area contributed by atoms with Gasteiger partial charge in [0.05, 0.1) is 12.7 Å². The van der Waals surface area contributed by atoms with Crippen molar-refractivity contribution in [2.45, 2.75) is 13.8 Å². The Balaban J connectivity index is 1.73. The fourth-order valence-corrected chi connectivity index (χ4v) is 3.58. The number of rotatable bonds is 5. The molecule has 0 aliphatic heterocycles. The molecule has 0 spiro atoms. The SMILES string of the molecule is COc1cc(C(=O)O)ccc1-c1cc(-c2ccc(-c3ccccc3)c(C)c2C)on1. The summed E-state index contributed by atoms with van der Waals surface area (Å²) in [7, 11) is 1.50. The Labute approximate surface area is 174 Å². The van der Waals surface area contributed by atoms with Gasteiger partial charge in [-0.3, -0.25) is 0 Å². The fourth-order valence-electron chi connectivity index (χ4n) is 3.58. The fraction of sp³-hybridized carbons (Fsp3) is 0.120. The van der Waals surface area contributed by atoms with E-state index in [1.807, 2.05) is 30.3 Å². The molecule has 0 amide bonds. The first-order valence-electron chi connectivity index (χ1n) is 9.54. The number of benzene rings is 3. The summed E-state index contributed by atoms with van der Waals surface area (Å²) < 4.78 is 11.0. The van der Waals surface area contributed by atoms with Crippen molar-refractivity contribution >= 4 is 5.97 Å². The van der Waals surface area contributed by atoms with E-state index in [-0.39, 0.29) is 5.56 Å². The molecule has 0 atom stereocenters. The second-order valence-corrected chi connectivity index (χ2v) is 7.07. The molecular weight excluding hydrogens is 378 g/mol. The molecule has 1 N–H and O–H groups in total. The largest absolute Gasteiger partial charge is 0.496 e. The van der Waals surface area contributed by atoms with Crippen LogP contribution in [0.25, 0.3) is 33.7 Å². The molecule has 1 heterocycles. The van der Waals surface area contributed by atoms with Crippen LogP contribution < -0.4 is 4.74 Å². The van der Waals surface area contributed by atoms with E-state index in [4.69, 9.17) is 9.26 Å². The van der Waals surface area contributed by atoms with E-state index >= 15 is 0 Å². The summed E-state index contributed by atoms with van der Waals surface area (Å²) in [4.78, 5) is 11.2. The van der Waals surface area contributed by atoms with Crippen molar-refractivity contribution in [1.82, 2.24) is 5.16 Å². The van der Waals surface area contributed by atoms with Gasteiger partial charge in [-0.1, -0.05) is 47.6 Å². The summed E-state index contributed by atoms with van der Waals surface area (Å²) in [5, 5.41) is 13.4. The van der Waals surface area contributed by atoms with Crippen LogP contribution in [0.2, 0.25) is 0 Å². The number of carbonyl (C=O) groups is 1. The minimum atomic E-state index is -1.01. The maximum atomic E-state index is 11.2. The van der Waals surface area contributed by atoms with Gasteiger partial charge in [0, 0.05) is 17.2 Å². The lowest BCUT2D eigenvalue weighted by atomic mass is 9.92. The Hall–Kier alpha value is -3.86. The molecule has 0 fully saturated rings. The number of carboxylic acid groups (broad SMARTS) is 1. The molecule has 0 bridgehead atoms. The molecule has 4 rings (SSSR count). The molecule has 0 aliphatic rings. The number of hydrogen-bond donors (Lipinski definition) is 1. The highest BCUT2D eigenvalue weighted by atomic mass is 16.5. The lowest BCUT2D eigenvalue weighted by molar-refractivity contribution is 0.0696. The summed E-state index contributed by atoms with van der Waals surface area (Å²) in [6, 6.07) is 20.9. The minimum Gasteiger partial charge on any atom is -0.496 e. The second kappa shape index (κ2) is 7.87. The molecule has 0 saturated carbocycles. The van der Waals surface area contributed by atoms with Crippen LogP contribution in [-0.4, -0.2) is 23.3 Å². The summed E-state index contributed by atoms with van der Waals surface area (Å²) in [5.41, 5.74) is 7.03. The third-order valence-electron chi connectivity index (χ3n) is 5.37. The summed E-state index contributed by atoms with van der Waals surface area (Å²) >= 11 is 0. The van der Waals surface area contributed by atoms with Gasteiger partial charge in [0.25, 0.3) is 0 Å². The van der Waals surface area contributed by atoms with E-state index in [1.54, 1.807) is 6.07 Å². The Bertz CT molecular complexity index is 1230. The number of aromatic nitrogens is 1. The van der Waals surface area contributed by atoms with E-state index in [9.17, 15) is 9.90 Å². The van der Waals surface area contributed by atoms with Gasteiger partial charge in [-0.2, -0.15) is 0 Å². The molecule has 3 aromatic carbocycles. The molecule has 0 unspecified atom stereocenters. The highest BCUT2D eigenvalue weighted by molar-refractivity contribution is 5.89. The number of aromatic carboxylic acids is 1. The lowest BCUT2D eigenvalue weighted by Gasteiger charge is -2.12. The maximum Gasteiger partial charge on any atom is 0.335 e. The average molecular weight is 399 g/mol. The van der Waals surface area contributed by atoms with E-state index in [0.29, 0.717) is 22.8 Å². The van der Waals surface area contributed by atoms with Crippen molar-refractivity contribution in [3.05, 3.63) is 83.4 Å². The Morgan fingerprint density at radius 2 is 1.57 bits per heavy atom. The Morgan fingerprint density at radius 3 is 2.27 bits per heavy atom. The van der Waals surface area contributed by atoms with Gasteiger partial charge >= 0.3 is 5.97 Å². The zero-order chi connectivity index (χ0) is 21.3. The van der Waals surface area contributed by atoms with E-state index in [2.05, 4.69) is 37.2 Å². The molecule has 1 aromatic heterocycles. The van der Waals surface area contributed by atoms with Crippen LogP contribution in [0.5, 0.6) is 5.75 Å². The van der Waals surface area contributed by atoms with Crippen LogP contribution in [0.15, 0.2) is 71.3 Å². The predicted molar refractivity (Wildman–Crippen MR) is 116 cm³/mol. The Kier molecular flexibility index (Phi) is 5.11. The van der Waals surface area contributed by atoms with E-state index in [0.717, 1.165) is 11.1 Å². The number of hydrogen-bond acceptors (Lipinski definition) is 4. The monoisotopic (exact) mass is 399 g/mol. The van der Waals surface area contributed by atoms with E-state index < -0.39 is 5.97 Å². The average Bonchev–Trinajstić information content (AvgIpc) is 3.25. The van der Waals surface area contributed by atoms with Crippen LogP contribution in [-0.2, 0) is 0 Å². The number of nitrogens with zero attached hydrogens (tertiary/aromatic N) is 1. The van der Waals surface area contributed by atoms with Crippen LogP contribution in [0.3, 0.4) is 0 Å². The lowest BCUT2D eigenvalue weighted by Crippen LogP contribution is -1.98. The summed E-state index contributed by atoms with van der Waals surface area (Å²) in [6.07, 6.45) is 0. The quantitative estimate of drug-likeness (QED) is 0.446.